The van der Waals surface area contributed by atoms with Crippen LogP contribution in [0.4, 0.5) is 0 Å². The van der Waals surface area contributed by atoms with E-state index in [2.05, 4.69) is 15.9 Å². The van der Waals surface area contributed by atoms with Crippen molar-refractivity contribution in [2.24, 2.45) is 0 Å². The maximum absolute atomic E-state index is 13.7. The lowest BCUT2D eigenvalue weighted by molar-refractivity contribution is 0.0599. The number of fused-ring (bicyclic) bond motifs is 6. The van der Waals surface area contributed by atoms with E-state index in [1.54, 1.807) is 30.3 Å². The van der Waals surface area contributed by atoms with Crippen molar-refractivity contribution >= 4 is 27.5 Å². The molecule has 2 aliphatic rings. The molecule has 1 aliphatic heterocycles. The summed E-state index contributed by atoms with van der Waals surface area (Å²) in [5, 5.41) is 0.495. The molecule has 0 N–H and O–H groups in total. The zero-order chi connectivity index (χ0) is 23.4. The Labute approximate surface area is 206 Å². The Kier molecular flexibility index (Phi) is 4.97. The summed E-state index contributed by atoms with van der Waals surface area (Å²) < 4.78 is 19.8. The van der Waals surface area contributed by atoms with Crippen LogP contribution in [0.2, 0.25) is 5.02 Å². The predicted octanol–water partition coefficient (Wildman–Crippen LogP) is 5.96. The highest BCUT2D eigenvalue weighted by Crippen LogP contribution is 2.51. The average Bonchev–Trinajstić information content (AvgIpc) is 3.25. The van der Waals surface area contributed by atoms with Gasteiger partial charge in [-0.05, 0) is 48.5 Å². The molecule has 1 aromatic heterocycles. The number of ether oxygens (including phenoxy) is 2. The fourth-order valence-electron chi connectivity index (χ4n) is 4.39. The van der Waals surface area contributed by atoms with Crippen LogP contribution in [0.3, 0.4) is 0 Å². The van der Waals surface area contributed by atoms with Gasteiger partial charge in [-0.25, -0.2) is 9.36 Å². The number of aromatic nitrogens is 1. The first kappa shape index (κ1) is 21.0. The molecule has 1 aliphatic carbocycles. The molecule has 0 spiro atoms. The fourth-order valence-corrected chi connectivity index (χ4v) is 4.78. The first-order valence-corrected chi connectivity index (χ1v) is 11.6. The second-order valence-electron chi connectivity index (χ2n) is 7.92. The average molecular weight is 537 g/mol. The molecule has 0 radical (unpaired) electrons. The molecule has 0 bridgehead atoms. The van der Waals surface area contributed by atoms with Gasteiger partial charge in [-0.2, -0.15) is 0 Å². The largest absolute Gasteiger partial charge is 0.456 e. The minimum absolute atomic E-state index is 0.252. The Morgan fingerprint density at radius 3 is 2.44 bits per heavy atom. The van der Waals surface area contributed by atoms with E-state index in [0.717, 1.165) is 14.6 Å². The number of hydrogen-bond acceptors (Lipinski definition) is 5. The van der Waals surface area contributed by atoms with Gasteiger partial charge in [-0.1, -0.05) is 51.8 Å². The maximum atomic E-state index is 13.7. The van der Waals surface area contributed by atoms with Gasteiger partial charge in [0, 0.05) is 26.7 Å². The molecule has 0 amide bonds. The molecule has 168 valence electrons. The molecular formula is C26H15BrClNO5. The van der Waals surface area contributed by atoms with Gasteiger partial charge < -0.3 is 13.9 Å². The summed E-state index contributed by atoms with van der Waals surface area (Å²) >= 11 is 9.39. The lowest BCUT2D eigenvalue weighted by atomic mass is 9.81. The Morgan fingerprint density at radius 1 is 0.941 bits per heavy atom. The molecule has 34 heavy (non-hydrogen) atoms. The van der Waals surface area contributed by atoms with Crippen LogP contribution in [0.5, 0.6) is 5.75 Å². The summed E-state index contributed by atoms with van der Waals surface area (Å²) in [6.07, 6.45) is 1.27. The summed E-state index contributed by atoms with van der Waals surface area (Å²) in [4.78, 5) is 26.6. The van der Waals surface area contributed by atoms with E-state index in [1.165, 1.54) is 0 Å². The maximum Gasteiger partial charge on any atom is 0.426 e. The van der Waals surface area contributed by atoms with Gasteiger partial charge in [-0.3, -0.25) is 4.79 Å². The number of benzene rings is 3. The molecule has 2 heterocycles. The second kappa shape index (κ2) is 8.04. The molecule has 3 aromatic carbocycles. The predicted molar refractivity (Wildman–Crippen MR) is 130 cm³/mol. The molecule has 4 aromatic rings. The Balaban J connectivity index is 1.52. The summed E-state index contributed by atoms with van der Waals surface area (Å²) in [5.41, 5.74) is 1.71. The van der Waals surface area contributed by atoms with Crippen LogP contribution in [-0.4, -0.2) is 4.57 Å². The molecule has 0 saturated heterocycles. The zero-order valence-electron chi connectivity index (χ0n) is 17.4. The topological polar surface area (TPSA) is 70.7 Å². The van der Waals surface area contributed by atoms with Crippen LogP contribution in [0.15, 0.2) is 103 Å². The summed E-state index contributed by atoms with van der Waals surface area (Å²) in [5.74, 6) is -0.135. The van der Waals surface area contributed by atoms with Crippen molar-refractivity contribution in [3.8, 4) is 22.8 Å². The molecule has 0 fully saturated rings. The van der Waals surface area contributed by atoms with Gasteiger partial charge in [0.05, 0.1) is 17.2 Å². The normalized spacial score (nSPS) is 17.8. The van der Waals surface area contributed by atoms with Crippen LogP contribution in [0.25, 0.3) is 17.0 Å². The molecule has 8 heteroatoms. The molecular weight excluding hydrogens is 522 g/mol. The van der Waals surface area contributed by atoms with Crippen LogP contribution < -0.4 is 16.1 Å². The highest BCUT2D eigenvalue weighted by Gasteiger charge is 2.43. The Bertz CT molecular complexity index is 1570. The quantitative estimate of drug-likeness (QED) is 0.323. The SMILES string of the molecule is O=c1oc2c(c(=O)n1-c1ccc(Cl)cc1)C1C=C(Oc3ccc(Br)cc3)OC1c1ccccc1-2. The summed E-state index contributed by atoms with van der Waals surface area (Å²) in [6.45, 7) is 0. The van der Waals surface area contributed by atoms with Gasteiger partial charge in [0.15, 0.2) is 0 Å². The third kappa shape index (κ3) is 3.40. The van der Waals surface area contributed by atoms with Crippen molar-refractivity contribution in [2.75, 3.05) is 0 Å². The number of rotatable bonds is 3. The monoisotopic (exact) mass is 535 g/mol. The van der Waals surface area contributed by atoms with Crippen LogP contribution in [0.1, 0.15) is 23.1 Å². The van der Waals surface area contributed by atoms with Gasteiger partial charge >= 0.3 is 5.76 Å². The number of halogens is 2. The van der Waals surface area contributed by atoms with Crippen LogP contribution >= 0.6 is 27.5 Å². The van der Waals surface area contributed by atoms with E-state index in [4.69, 9.17) is 25.5 Å². The summed E-state index contributed by atoms with van der Waals surface area (Å²) in [6, 6.07) is 21.2. The first-order valence-electron chi connectivity index (χ1n) is 10.5. The third-order valence-corrected chi connectivity index (χ3v) is 6.68. The van der Waals surface area contributed by atoms with Crippen molar-refractivity contribution in [3.63, 3.8) is 0 Å². The van der Waals surface area contributed by atoms with Crippen molar-refractivity contribution in [1.29, 1.82) is 0 Å². The van der Waals surface area contributed by atoms with E-state index in [1.807, 2.05) is 48.5 Å². The highest BCUT2D eigenvalue weighted by molar-refractivity contribution is 9.10. The van der Waals surface area contributed by atoms with E-state index in [0.29, 0.717) is 27.6 Å². The van der Waals surface area contributed by atoms with Crippen molar-refractivity contribution in [3.05, 3.63) is 126 Å². The van der Waals surface area contributed by atoms with Gasteiger partial charge in [0.2, 0.25) is 0 Å². The molecule has 2 atom stereocenters. The van der Waals surface area contributed by atoms with E-state index in [9.17, 15) is 9.59 Å². The lowest BCUT2D eigenvalue weighted by Crippen LogP contribution is -2.36. The Morgan fingerprint density at radius 2 is 1.68 bits per heavy atom. The fraction of sp³-hybridized carbons (Fsp3) is 0.0769. The smallest absolute Gasteiger partial charge is 0.426 e. The van der Waals surface area contributed by atoms with Gasteiger partial charge in [0.25, 0.3) is 11.5 Å². The van der Waals surface area contributed by atoms with E-state index < -0.39 is 23.3 Å². The van der Waals surface area contributed by atoms with Crippen LogP contribution in [0, 0.1) is 0 Å². The first-order chi connectivity index (χ1) is 16.5. The summed E-state index contributed by atoms with van der Waals surface area (Å²) in [7, 11) is 0. The molecule has 6 nitrogen and oxygen atoms in total. The molecule has 6 rings (SSSR count). The lowest BCUT2D eigenvalue weighted by Gasteiger charge is -2.27. The van der Waals surface area contributed by atoms with E-state index >= 15 is 0 Å². The zero-order valence-corrected chi connectivity index (χ0v) is 19.7. The molecule has 2 unspecified atom stereocenters. The van der Waals surface area contributed by atoms with Crippen molar-refractivity contribution < 1.29 is 13.9 Å². The standard InChI is InChI=1S/C26H15BrClNO5/c27-14-5-11-17(12-6-14)32-21-13-20-22-24(19-4-2-1-3-18(19)23(20)33-21)34-26(31)29(25(22)30)16-9-7-15(28)8-10-16/h1-13,20,23H. The van der Waals surface area contributed by atoms with Crippen molar-refractivity contribution in [2.45, 2.75) is 12.0 Å². The second-order valence-corrected chi connectivity index (χ2v) is 9.27. The number of hydrogen-bond donors (Lipinski definition) is 0. The van der Waals surface area contributed by atoms with Gasteiger partial charge in [-0.15, -0.1) is 0 Å². The number of nitrogens with zero attached hydrogens (tertiary/aromatic N) is 1. The minimum Gasteiger partial charge on any atom is -0.456 e. The Hall–Kier alpha value is -3.55. The third-order valence-electron chi connectivity index (χ3n) is 5.90. The molecule has 0 saturated carbocycles. The minimum atomic E-state index is -0.770. The van der Waals surface area contributed by atoms with E-state index in [-0.39, 0.29) is 11.7 Å². The van der Waals surface area contributed by atoms with Crippen LogP contribution in [-0.2, 0) is 4.74 Å². The van der Waals surface area contributed by atoms with Crippen molar-refractivity contribution in [1.82, 2.24) is 4.57 Å². The highest BCUT2D eigenvalue weighted by atomic mass is 79.9. The van der Waals surface area contributed by atoms with Gasteiger partial charge in [0.1, 0.15) is 17.6 Å².